The molecule has 0 bridgehead atoms. The molecule has 0 aromatic carbocycles. The van der Waals surface area contributed by atoms with Crippen LogP contribution in [0.4, 0.5) is 0 Å². The summed E-state index contributed by atoms with van der Waals surface area (Å²) >= 11 is 0. The van der Waals surface area contributed by atoms with E-state index in [0.29, 0.717) is 5.69 Å². The van der Waals surface area contributed by atoms with Crippen LogP contribution in [0.15, 0.2) is 16.1 Å². The van der Waals surface area contributed by atoms with Crippen LogP contribution in [0.5, 0.6) is 5.88 Å². The molecule has 0 fully saturated rings. The highest BCUT2D eigenvalue weighted by molar-refractivity contribution is 7.72. The molecule has 0 spiro atoms. The van der Waals surface area contributed by atoms with Crippen LogP contribution < -0.4 is 10.3 Å². The first-order valence-corrected chi connectivity index (χ1v) is 15.0. The predicted octanol–water partition coefficient (Wildman–Crippen LogP) is 3.90. The van der Waals surface area contributed by atoms with Crippen molar-refractivity contribution in [3.05, 3.63) is 11.8 Å². The van der Waals surface area contributed by atoms with E-state index in [9.17, 15) is 14.0 Å². The van der Waals surface area contributed by atoms with Crippen LogP contribution in [-0.4, -0.2) is 71.6 Å². The Kier molecular flexibility index (Phi) is 14.5. The zero-order valence-corrected chi connectivity index (χ0v) is 23.8. The second-order valence-corrected chi connectivity index (χ2v) is 11.2. The summed E-state index contributed by atoms with van der Waals surface area (Å²) in [4.78, 5) is 26.9. The van der Waals surface area contributed by atoms with E-state index in [1.165, 1.54) is 6.92 Å². The average molecular weight is 568 g/mol. The number of hydrogen-bond donors (Lipinski definition) is 2. The molecule has 0 aliphatic heterocycles. The second-order valence-electron chi connectivity index (χ2n) is 6.50. The van der Waals surface area contributed by atoms with Gasteiger partial charge in [-0.15, -0.1) is 0 Å². The van der Waals surface area contributed by atoms with Crippen molar-refractivity contribution >= 4 is 46.6 Å². The zero-order valence-electron chi connectivity index (χ0n) is 21.2. The number of ether oxygens (including phenoxy) is 2. The SMILES string of the molecule is CCOP(=O)(OCC)C(C)=NC(=NC(=N)P=O)OCCOc1cc(C)nc([P+](O)(OCC)OCC)n1. The molecule has 2 N–H and O–H groups in total. The molecule has 0 aliphatic rings. The molecule has 1 aromatic rings. The Labute approximate surface area is 212 Å². The van der Waals surface area contributed by atoms with Gasteiger partial charge in [-0.25, -0.2) is 0 Å². The van der Waals surface area contributed by atoms with Crippen LogP contribution in [0.2, 0.25) is 0 Å². The fourth-order valence-corrected chi connectivity index (χ4v) is 5.45. The number of nitrogens with one attached hydrogen (secondary N) is 1. The lowest BCUT2D eigenvalue weighted by molar-refractivity contribution is 0.195. The Morgan fingerprint density at radius 3 is 2.22 bits per heavy atom. The van der Waals surface area contributed by atoms with Crippen molar-refractivity contribution in [1.82, 2.24) is 9.97 Å². The highest BCUT2D eigenvalue weighted by atomic mass is 31.2. The Bertz CT molecular complexity index is 977. The molecule has 1 heterocycles. The number of nitrogens with zero attached hydrogens (tertiary/aromatic N) is 4. The molecule has 1 rings (SSSR count). The van der Waals surface area contributed by atoms with Gasteiger partial charge in [-0.3, -0.25) is 14.5 Å². The van der Waals surface area contributed by atoms with Gasteiger partial charge in [-0.05, 0) is 41.5 Å². The van der Waals surface area contributed by atoms with Gasteiger partial charge in [0.15, 0.2) is 0 Å². The summed E-state index contributed by atoms with van der Waals surface area (Å²) in [5.74, 6) is 0.139. The van der Waals surface area contributed by atoms with Crippen molar-refractivity contribution in [2.45, 2.75) is 41.5 Å². The number of aromatic nitrogens is 2. The summed E-state index contributed by atoms with van der Waals surface area (Å²) in [7, 11) is -7.82. The van der Waals surface area contributed by atoms with E-state index < -0.39 is 29.6 Å². The smallest absolute Gasteiger partial charge is 0.474 e. The maximum absolute atomic E-state index is 12.9. The molecule has 14 nitrogen and oxygen atoms in total. The van der Waals surface area contributed by atoms with Crippen LogP contribution in [0.1, 0.15) is 40.3 Å². The van der Waals surface area contributed by atoms with Gasteiger partial charge in [-0.2, -0.15) is 33.9 Å². The molecule has 17 heteroatoms. The van der Waals surface area contributed by atoms with E-state index in [1.54, 1.807) is 40.7 Å². The lowest BCUT2D eigenvalue weighted by atomic mass is 10.4. The quantitative estimate of drug-likeness (QED) is 0.135. The van der Waals surface area contributed by atoms with Gasteiger partial charge in [0.25, 0.3) is 0 Å². The normalized spacial score (nSPS) is 13.2. The number of amidine groups is 2. The Balaban J connectivity index is 3.01. The summed E-state index contributed by atoms with van der Waals surface area (Å²) in [5, 5.41) is 7.53. The number of rotatable bonds is 15. The number of aryl methyl sites for hydroxylation is 1. The van der Waals surface area contributed by atoms with E-state index in [2.05, 4.69) is 20.0 Å². The third-order valence-electron chi connectivity index (χ3n) is 3.78. The molecule has 36 heavy (non-hydrogen) atoms. The maximum Gasteiger partial charge on any atom is 0.487 e. The molecule has 1 aromatic heterocycles. The van der Waals surface area contributed by atoms with Crippen LogP contribution in [-0.2, 0) is 32.0 Å². The molecular weight excluding hydrogens is 535 g/mol. The van der Waals surface area contributed by atoms with Crippen molar-refractivity contribution < 1.29 is 41.6 Å². The molecule has 0 radical (unpaired) electrons. The minimum atomic E-state index is -3.70. The minimum absolute atomic E-state index is 0.0184. The van der Waals surface area contributed by atoms with Crippen LogP contribution in [0, 0.1) is 12.3 Å². The van der Waals surface area contributed by atoms with E-state index in [4.69, 9.17) is 33.0 Å². The van der Waals surface area contributed by atoms with Crippen molar-refractivity contribution in [3.63, 3.8) is 0 Å². The van der Waals surface area contributed by atoms with Crippen LogP contribution in [0.3, 0.4) is 0 Å². The zero-order chi connectivity index (χ0) is 27.2. The maximum atomic E-state index is 12.9. The van der Waals surface area contributed by atoms with Gasteiger partial charge in [0.05, 0.1) is 26.4 Å². The molecule has 0 aliphatic carbocycles. The molecule has 202 valence electrons. The Morgan fingerprint density at radius 2 is 1.69 bits per heavy atom. The third kappa shape index (κ3) is 10.3. The van der Waals surface area contributed by atoms with Gasteiger partial charge in [-0.1, -0.05) is 0 Å². The van der Waals surface area contributed by atoms with E-state index in [0.717, 1.165) is 0 Å². The predicted molar refractivity (Wildman–Crippen MR) is 137 cm³/mol. The molecule has 0 saturated heterocycles. The van der Waals surface area contributed by atoms with Crippen molar-refractivity contribution in [2.75, 3.05) is 39.6 Å². The number of hydrogen-bond acceptors (Lipinski definition) is 12. The summed E-state index contributed by atoms with van der Waals surface area (Å²) in [6, 6.07) is 1.17. The summed E-state index contributed by atoms with van der Waals surface area (Å²) in [6.45, 7) is 10.3. The van der Waals surface area contributed by atoms with E-state index in [-0.39, 0.29) is 62.6 Å². The fourth-order valence-electron chi connectivity index (χ4n) is 2.47. The topological polar surface area (TPSA) is 184 Å². The van der Waals surface area contributed by atoms with Crippen molar-refractivity contribution in [1.29, 1.82) is 5.41 Å². The highest BCUT2D eigenvalue weighted by Gasteiger charge is 2.48. The first-order chi connectivity index (χ1) is 17.1. The molecular formula is C19H33N5O9P3+. The van der Waals surface area contributed by atoms with Crippen LogP contribution in [0.25, 0.3) is 0 Å². The monoisotopic (exact) mass is 568 g/mol. The van der Waals surface area contributed by atoms with Gasteiger partial charge in [0.1, 0.15) is 18.7 Å². The van der Waals surface area contributed by atoms with Gasteiger partial charge >= 0.3 is 27.1 Å². The third-order valence-corrected chi connectivity index (χ3v) is 8.07. The first kappa shape index (κ1) is 32.3. The van der Waals surface area contributed by atoms with Gasteiger partial charge in [0, 0.05) is 11.8 Å². The molecule has 0 amide bonds. The van der Waals surface area contributed by atoms with Crippen molar-refractivity contribution in [2.24, 2.45) is 9.98 Å². The lowest BCUT2D eigenvalue weighted by Gasteiger charge is -2.16. The lowest BCUT2D eigenvalue weighted by Crippen LogP contribution is -2.24. The minimum Gasteiger partial charge on any atom is -0.474 e. The van der Waals surface area contributed by atoms with E-state index >= 15 is 0 Å². The second kappa shape index (κ2) is 16.2. The van der Waals surface area contributed by atoms with Gasteiger partial charge in [0.2, 0.25) is 19.9 Å². The Morgan fingerprint density at radius 1 is 1.08 bits per heavy atom. The molecule has 0 saturated carbocycles. The standard InChI is InChI=1S/C19H33N5O9P3/c1-7-30-35(26,31-8-2)15(6)22-18(24-17(20)34-25)29-12-11-28-16-13-14(5)21-19(23-16)36(27,32-9-3)33-10-4/h13,20,27H,7-12H2,1-6H3/q+1. The summed E-state index contributed by atoms with van der Waals surface area (Å²) < 4.78 is 56.1. The highest BCUT2D eigenvalue weighted by Crippen LogP contribution is 2.54. The Hall–Kier alpha value is -1.75. The van der Waals surface area contributed by atoms with Crippen LogP contribution >= 0.6 is 24.0 Å². The average Bonchev–Trinajstić information content (AvgIpc) is 2.81. The number of aliphatic imine (C=N–C) groups is 2. The van der Waals surface area contributed by atoms with Crippen molar-refractivity contribution in [3.8, 4) is 5.88 Å². The molecule has 0 atom stereocenters. The molecule has 0 unspecified atom stereocenters. The first-order valence-electron chi connectivity index (χ1n) is 11.1. The summed E-state index contributed by atoms with van der Waals surface area (Å²) in [6.07, 6.45) is 0. The fraction of sp³-hybridized carbons (Fsp3) is 0.632. The largest absolute Gasteiger partial charge is 0.487 e. The van der Waals surface area contributed by atoms with Gasteiger partial charge < -0.3 is 18.5 Å². The summed E-state index contributed by atoms with van der Waals surface area (Å²) in [5.41, 5.74) is -0.111. The van der Waals surface area contributed by atoms with E-state index in [1.807, 2.05) is 0 Å².